The lowest BCUT2D eigenvalue weighted by molar-refractivity contribution is 0.111. The number of carbonyl (C=O) groups is 2. The molecule has 0 spiro atoms. The number of carbonyl (C=O) groups excluding carboxylic acids is 2. The minimum atomic E-state index is 0.603. The Hall–Kier alpha value is -0.230. The van der Waals surface area contributed by atoms with E-state index >= 15 is 0 Å². The Morgan fingerprint density at radius 3 is 2.40 bits per heavy atom. The van der Waals surface area contributed by atoms with E-state index in [1.165, 1.54) is 11.3 Å². The first-order valence-electron chi connectivity index (χ1n) is 2.47. The van der Waals surface area contributed by atoms with E-state index in [9.17, 15) is 9.59 Å². The lowest BCUT2D eigenvalue weighted by atomic mass is 10.4. The van der Waals surface area contributed by atoms with Crippen molar-refractivity contribution in [1.82, 2.24) is 0 Å². The molecule has 0 saturated carbocycles. The summed E-state index contributed by atoms with van der Waals surface area (Å²) in [4.78, 5) is 21.7. The van der Waals surface area contributed by atoms with Crippen molar-refractivity contribution in [3.05, 3.63) is 19.4 Å². The number of hydrogen-bond acceptors (Lipinski definition) is 3. The van der Waals surface area contributed by atoms with E-state index in [0.29, 0.717) is 9.75 Å². The third kappa shape index (κ3) is 1.43. The lowest BCUT2D eigenvalue weighted by Gasteiger charge is -1.76. The molecule has 52 valence electrons. The highest BCUT2D eigenvalue weighted by atomic mass is 127. The molecule has 0 aromatic carbocycles. The van der Waals surface area contributed by atoms with Crippen LogP contribution >= 0.6 is 33.9 Å². The fourth-order valence-electron chi connectivity index (χ4n) is 0.540. The summed E-state index contributed by atoms with van der Waals surface area (Å²) >= 11 is 3.24. The van der Waals surface area contributed by atoms with Crippen molar-refractivity contribution in [1.29, 1.82) is 0 Å². The van der Waals surface area contributed by atoms with Gasteiger partial charge in [0, 0.05) is 3.57 Å². The van der Waals surface area contributed by atoms with Crippen LogP contribution in [0.4, 0.5) is 0 Å². The van der Waals surface area contributed by atoms with Gasteiger partial charge in [-0.15, -0.1) is 11.3 Å². The second-order valence-corrected chi connectivity index (χ2v) is 3.87. The van der Waals surface area contributed by atoms with Crippen LogP contribution in [0.3, 0.4) is 0 Å². The summed E-state index contributed by atoms with van der Waals surface area (Å²) in [5.41, 5.74) is 0. The van der Waals surface area contributed by atoms with Gasteiger partial charge in [0.2, 0.25) is 0 Å². The molecule has 0 fully saturated rings. The van der Waals surface area contributed by atoms with Gasteiger partial charge in [0.05, 0.1) is 9.75 Å². The first-order valence-corrected chi connectivity index (χ1v) is 4.37. The summed E-state index contributed by atoms with van der Waals surface area (Å²) < 4.78 is 0.847. The van der Waals surface area contributed by atoms with Crippen molar-refractivity contribution in [2.75, 3.05) is 0 Å². The van der Waals surface area contributed by atoms with E-state index in [4.69, 9.17) is 0 Å². The SMILES string of the molecule is O=Cc1cc(I)c(C=O)s1. The molecule has 0 N–H and O–H groups in total. The van der Waals surface area contributed by atoms with Crippen LogP contribution < -0.4 is 0 Å². The average molecular weight is 266 g/mol. The van der Waals surface area contributed by atoms with E-state index in [1.54, 1.807) is 6.07 Å². The molecular formula is C6H3IO2S. The van der Waals surface area contributed by atoms with Crippen molar-refractivity contribution in [3.63, 3.8) is 0 Å². The standard InChI is InChI=1S/C6H3IO2S/c7-5-1-4(2-8)10-6(5)3-9/h1-3H. The molecule has 0 radical (unpaired) electrons. The number of rotatable bonds is 2. The summed E-state index contributed by atoms with van der Waals surface area (Å²) in [5, 5.41) is 0. The van der Waals surface area contributed by atoms with E-state index in [0.717, 1.165) is 16.1 Å². The van der Waals surface area contributed by atoms with Crippen molar-refractivity contribution in [3.8, 4) is 0 Å². The smallest absolute Gasteiger partial charge is 0.161 e. The summed E-state index contributed by atoms with van der Waals surface area (Å²) in [5.74, 6) is 0. The fraction of sp³-hybridized carbons (Fsp3) is 0. The average Bonchev–Trinajstić information content (AvgIpc) is 2.30. The van der Waals surface area contributed by atoms with Crippen LogP contribution in [0, 0.1) is 3.57 Å². The van der Waals surface area contributed by atoms with Gasteiger partial charge in [0.15, 0.2) is 12.6 Å². The van der Waals surface area contributed by atoms with Crippen LogP contribution in [-0.4, -0.2) is 12.6 Å². The molecule has 2 nitrogen and oxygen atoms in total. The highest BCUT2D eigenvalue weighted by Crippen LogP contribution is 2.20. The summed E-state index contributed by atoms with van der Waals surface area (Å²) in [6, 6.07) is 1.70. The highest BCUT2D eigenvalue weighted by Gasteiger charge is 2.03. The molecule has 0 unspecified atom stereocenters. The van der Waals surface area contributed by atoms with Crippen molar-refractivity contribution in [2.24, 2.45) is 0 Å². The predicted molar refractivity (Wildman–Crippen MR) is 47.8 cm³/mol. The molecule has 4 heteroatoms. The van der Waals surface area contributed by atoms with Crippen LogP contribution in [0.25, 0.3) is 0 Å². The first-order chi connectivity index (χ1) is 4.77. The van der Waals surface area contributed by atoms with Crippen molar-refractivity contribution >= 4 is 46.5 Å². The normalized spacial score (nSPS) is 9.30. The van der Waals surface area contributed by atoms with Crippen LogP contribution in [0.1, 0.15) is 19.3 Å². The Morgan fingerprint density at radius 2 is 2.10 bits per heavy atom. The Balaban J connectivity index is 3.15. The Labute approximate surface area is 75.4 Å². The van der Waals surface area contributed by atoms with Gasteiger partial charge in [0.25, 0.3) is 0 Å². The van der Waals surface area contributed by atoms with Gasteiger partial charge >= 0.3 is 0 Å². The quantitative estimate of drug-likeness (QED) is 0.606. The lowest BCUT2D eigenvalue weighted by Crippen LogP contribution is -1.71. The number of aldehydes is 2. The van der Waals surface area contributed by atoms with Gasteiger partial charge in [-0.05, 0) is 28.7 Å². The van der Waals surface area contributed by atoms with Gasteiger partial charge in [-0.2, -0.15) is 0 Å². The molecule has 10 heavy (non-hydrogen) atoms. The first kappa shape index (κ1) is 7.87. The molecule has 0 aliphatic heterocycles. The molecule has 0 atom stereocenters. The summed E-state index contributed by atoms with van der Waals surface area (Å²) in [7, 11) is 0. The topological polar surface area (TPSA) is 34.1 Å². The molecule has 1 aromatic heterocycles. The second kappa shape index (κ2) is 3.25. The number of thiophene rings is 1. The fourth-order valence-corrected chi connectivity index (χ4v) is 2.23. The summed E-state index contributed by atoms with van der Waals surface area (Å²) in [6.07, 6.45) is 1.51. The van der Waals surface area contributed by atoms with E-state index in [1.807, 2.05) is 22.6 Å². The second-order valence-electron chi connectivity index (χ2n) is 1.60. The maximum Gasteiger partial charge on any atom is 0.161 e. The van der Waals surface area contributed by atoms with Crippen molar-refractivity contribution < 1.29 is 9.59 Å². The molecule has 0 saturated heterocycles. The third-order valence-corrected chi connectivity index (χ3v) is 3.20. The Bertz CT molecular complexity index is 267. The van der Waals surface area contributed by atoms with Crippen LogP contribution in [0.2, 0.25) is 0 Å². The van der Waals surface area contributed by atoms with Crippen LogP contribution in [0.15, 0.2) is 6.07 Å². The van der Waals surface area contributed by atoms with Crippen LogP contribution in [-0.2, 0) is 0 Å². The zero-order valence-corrected chi connectivity index (χ0v) is 7.81. The minimum absolute atomic E-state index is 0.603. The molecule has 0 aliphatic carbocycles. The minimum Gasteiger partial charge on any atom is -0.297 e. The number of hydrogen-bond donors (Lipinski definition) is 0. The molecule has 0 aliphatic rings. The van der Waals surface area contributed by atoms with E-state index < -0.39 is 0 Å². The molecule has 1 aromatic rings. The van der Waals surface area contributed by atoms with Gasteiger partial charge in [-0.1, -0.05) is 0 Å². The largest absolute Gasteiger partial charge is 0.297 e. The predicted octanol–water partition coefficient (Wildman–Crippen LogP) is 1.98. The maximum atomic E-state index is 10.2. The zero-order chi connectivity index (χ0) is 7.56. The maximum absolute atomic E-state index is 10.2. The van der Waals surface area contributed by atoms with Gasteiger partial charge in [-0.25, -0.2) is 0 Å². The Kier molecular flexibility index (Phi) is 2.56. The van der Waals surface area contributed by atoms with Crippen LogP contribution in [0.5, 0.6) is 0 Å². The monoisotopic (exact) mass is 266 g/mol. The Morgan fingerprint density at radius 1 is 1.40 bits per heavy atom. The van der Waals surface area contributed by atoms with Gasteiger partial charge in [0.1, 0.15) is 0 Å². The third-order valence-electron chi connectivity index (χ3n) is 0.955. The summed E-state index contributed by atoms with van der Waals surface area (Å²) in [6.45, 7) is 0. The number of halogens is 1. The van der Waals surface area contributed by atoms with Gasteiger partial charge in [-0.3, -0.25) is 9.59 Å². The van der Waals surface area contributed by atoms with E-state index in [2.05, 4.69) is 0 Å². The molecular weight excluding hydrogens is 263 g/mol. The highest BCUT2D eigenvalue weighted by molar-refractivity contribution is 14.1. The molecule has 1 heterocycles. The van der Waals surface area contributed by atoms with Crippen molar-refractivity contribution in [2.45, 2.75) is 0 Å². The molecule has 1 rings (SSSR count). The van der Waals surface area contributed by atoms with Gasteiger partial charge < -0.3 is 0 Å². The van der Waals surface area contributed by atoms with E-state index in [-0.39, 0.29) is 0 Å². The zero-order valence-electron chi connectivity index (χ0n) is 4.83. The molecule has 0 amide bonds. The molecule has 0 bridgehead atoms.